The van der Waals surface area contributed by atoms with Gasteiger partial charge in [0.05, 0.1) is 34.8 Å². The van der Waals surface area contributed by atoms with Gasteiger partial charge >= 0.3 is 5.97 Å². The molecule has 11 heteroatoms. The minimum absolute atomic E-state index is 0.0840. The Morgan fingerprint density at radius 2 is 1.84 bits per heavy atom. The van der Waals surface area contributed by atoms with Gasteiger partial charge in [-0.3, -0.25) is 0 Å². The van der Waals surface area contributed by atoms with Gasteiger partial charge in [0.1, 0.15) is 23.3 Å². The van der Waals surface area contributed by atoms with Gasteiger partial charge in [0.25, 0.3) is 5.79 Å². The van der Waals surface area contributed by atoms with Crippen LogP contribution in [0.2, 0.25) is 5.02 Å². The molecule has 3 heterocycles. The number of hydrogen-bond donors (Lipinski definition) is 1. The highest BCUT2D eigenvalue weighted by atomic mass is 35.5. The smallest absolute Gasteiger partial charge is 0.335 e. The van der Waals surface area contributed by atoms with Crippen molar-refractivity contribution in [3.05, 3.63) is 112 Å². The maximum atomic E-state index is 15.8. The first-order valence-corrected chi connectivity index (χ1v) is 14.8. The van der Waals surface area contributed by atoms with E-state index in [0.29, 0.717) is 35.6 Å². The monoisotopic (exact) mass is 634 g/mol. The van der Waals surface area contributed by atoms with Gasteiger partial charge in [0.2, 0.25) is 0 Å². The van der Waals surface area contributed by atoms with E-state index in [4.69, 9.17) is 25.8 Å². The largest absolute Gasteiger partial charge is 0.478 e. The summed E-state index contributed by atoms with van der Waals surface area (Å²) in [6.45, 7) is 2.54. The van der Waals surface area contributed by atoms with Crippen molar-refractivity contribution >= 4 is 28.6 Å². The number of para-hydroxylation sites is 1. The second kappa shape index (κ2) is 11.1. The van der Waals surface area contributed by atoms with Crippen LogP contribution in [0.15, 0.2) is 66.7 Å². The molecule has 2 aliphatic rings. The van der Waals surface area contributed by atoms with Crippen LogP contribution >= 0.6 is 11.6 Å². The molecule has 0 aliphatic carbocycles. The number of carboxylic acids is 1. The predicted molar refractivity (Wildman–Crippen MR) is 160 cm³/mol. The van der Waals surface area contributed by atoms with E-state index in [-0.39, 0.29) is 51.3 Å². The van der Waals surface area contributed by atoms with Gasteiger partial charge in [-0.05, 0) is 73.0 Å². The average Bonchev–Trinajstić information content (AvgIpc) is 3.72. The van der Waals surface area contributed by atoms with Crippen LogP contribution in [0.25, 0.3) is 22.2 Å². The van der Waals surface area contributed by atoms with Crippen LogP contribution in [0.1, 0.15) is 47.1 Å². The number of carbonyl (C=O) groups is 1. The molecule has 0 amide bonds. The topological polar surface area (TPSA) is 82.8 Å². The van der Waals surface area contributed by atoms with Gasteiger partial charge in [-0.2, -0.15) is 0 Å². The Morgan fingerprint density at radius 3 is 2.56 bits per heavy atom. The van der Waals surface area contributed by atoms with E-state index < -0.39 is 29.2 Å². The molecule has 45 heavy (non-hydrogen) atoms. The number of halogens is 4. The number of carboxylic acid groups (broad SMARTS) is 1. The van der Waals surface area contributed by atoms with Crippen molar-refractivity contribution < 1.29 is 37.3 Å². The molecule has 7 rings (SSSR count). The SMILES string of the molecule is CC1(c2ccc(Cl)cc2F)Oc2cccc(-c3cc(F)c(Cc4nc5ccc(C(=O)O)cc5n4C[C@@H]4CCCO4)c(F)c3)c2O1. The summed E-state index contributed by atoms with van der Waals surface area (Å²) in [6, 6.07) is 16.0. The van der Waals surface area contributed by atoms with Gasteiger partial charge < -0.3 is 23.9 Å². The van der Waals surface area contributed by atoms with Crippen molar-refractivity contribution in [1.82, 2.24) is 9.55 Å². The molecule has 0 saturated carbocycles. The summed E-state index contributed by atoms with van der Waals surface area (Å²) in [7, 11) is 0. The summed E-state index contributed by atoms with van der Waals surface area (Å²) in [5, 5.41) is 9.75. The van der Waals surface area contributed by atoms with E-state index in [1.54, 1.807) is 35.8 Å². The third-order valence-corrected chi connectivity index (χ3v) is 8.51. The molecule has 0 bridgehead atoms. The highest BCUT2D eigenvalue weighted by Gasteiger charge is 2.42. The molecular weight excluding hydrogens is 609 g/mol. The first-order valence-electron chi connectivity index (χ1n) is 14.4. The van der Waals surface area contributed by atoms with Crippen molar-refractivity contribution in [3.63, 3.8) is 0 Å². The lowest BCUT2D eigenvalue weighted by Gasteiger charge is -2.24. The molecule has 1 fully saturated rings. The fourth-order valence-corrected chi connectivity index (χ4v) is 6.20. The van der Waals surface area contributed by atoms with Gasteiger partial charge in [0.15, 0.2) is 11.5 Å². The van der Waals surface area contributed by atoms with E-state index in [9.17, 15) is 14.3 Å². The number of imidazole rings is 1. The molecule has 230 valence electrons. The van der Waals surface area contributed by atoms with Gasteiger partial charge in [-0.15, -0.1) is 0 Å². The van der Waals surface area contributed by atoms with Crippen LogP contribution in [-0.4, -0.2) is 33.3 Å². The third-order valence-electron chi connectivity index (χ3n) is 8.27. The summed E-state index contributed by atoms with van der Waals surface area (Å²) in [5.74, 6) is -3.95. The first-order chi connectivity index (χ1) is 21.6. The summed E-state index contributed by atoms with van der Waals surface area (Å²) in [5.41, 5.74) is 1.64. The van der Waals surface area contributed by atoms with Gasteiger partial charge in [-0.1, -0.05) is 23.7 Å². The lowest BCUT2D eigenvalue weighted by Crippen LogP contribution is -2.32. The Hall–Kier alpha value is -4.54. The normalized spacial score (nSPS) is 19.0. The van der Waals surface area contributed by atoms with E-state index in [0.717, 1.165) is 18.9 Å². The van der Waals surface area contributed by atoms with E-state index >= 15 is 8.78 Å². The van der Waals surface area contributed by atoms with Crippen LogP contribution in [0.4, 0.5) is 13.2 Å². The lowest BCUT2D eigenvalue weighted by molar-refractivity contribution is -0.0705. The molecule has 1 N–H and O–H groups in total. The number of hydrogen-bond acceptors (Lipinski definition) is 5. The summed E-state index contributed by atoms with van der Waals surface area (Å²) >= 11 is 5.92. The maximum absolute atomic E-state index is 15.8. The van der Waals surface area contributed by atoms with Gasteiger partial charge in [0, 0.05) is 36.1 Å². The minimum Gasteiger partial charge on any atom is -0.478 e. The second-order valence-electron chi connectivity index (χ2n) is 11.3. The zero-order valence-electron chi connectivity index (χ0n) is 24.0. The van der Waals surface area contributed by atoms with Crippen molar-refractivity contribution in [1.29, 1.82) is 0 Å². The Balaban J connectivity index is 1.24. The van der Waals surface area contributed by atoms with Crippen LogP contribution in [0, 0.1) is 17.5 Å². The van der Waals surface area contributed by atoms with Crippen molar-refractivity contribution in [3.8, 4) is 22.6 Å². The van der Waals surface area contributed by atoms with Crippen LogP contribution < -0.4 is 9.47 Å². The Bertz CT molecular complexity index is 1970. The van der Waals surface area contributed by atoms with Crippen LogP contribution in [0.3, 0.4) is 0 Å². The highest BCUT2D eigenvalue weighted by molar-refractivity contribution is 6.30. The van der Waals surface area contributed by atoms with Crippen LogP contribution in [0.5, 0.6) is 11.5 Å². The zero-order valence-corrected chi connectivity index (χ0v) is 24.7. The molecule has 2 aliphatic heterocycles. The maximum Gasteiger partial charge on any atom is 0.335 e. The summed E-state index contributed by atoms with van der Waals surface area (Å²) in [4.78, 5) is 16.3. The van der Waals surface area contributed by atoms with Crippen molar-refractivity contribution in [2.75, 3.05) is 6.61 Å². The van der Waals surface area contributed by atoms with E-state index in [2.05, 4.69) is 4.98 Å². The molecule has 4 aromatic carbocycles. The number of aromatic nitrogens is 2. The van der Waals surface area contributed by atoms with Crippen LogP contribution in [-0.2, 0) is 23.5 Å². The zero-order chi connectivity index (χ0) is 31.5. The number of nitrogens with zero attached hydrogens (tertiary/aromatic N) is 2. The number of fused-ring (bicyclic) bond motifs is 2. The standard InChI is InChI=1S/C34H26ClF3N2O5/c1-34(24-9-8-20(35)15-27(24)38)44-30-6-2-5-22(32(30)45-34)19-12-25(36)23(26(37)13-19)16-31-39-28-10-7-18(33(41)42)14-29(28)40(31)17-21-4-3-11-43-21/h2,5-10,12-15,21H,3-4,11,16-17H2,1H3,(H,41,42)/t21-,34?/m0/s1. The van der Waals surface area contributed by atoms with Gasteiger partial charge in [-0.25, -0.2) is 22.9 Å². The average molecular weight is 635 g/mol. The molecule has 1 unspecified atom stereocenters. The van der Waals surface area contributed by atoms with Crippen molar-refractivity contribution in [2.45, 2.75) is 44.6 Å². The molecule has 1 aromatic heterocycles. The highest BCUT2D eigenvalue weighted by Crippen LogP contribution is 2.50. The fraction of sp³-hybridized carbons (Fsp3) is 0.235. The quantitative estimate of drug-likeness (QED) is 0.196. The molecule has 1 saturated heterocycles. The molecule has 7 nitrogen and oxygen atoms in total. The Morgan fingerprint density at radius 1 is 1.04 bits per heavy atom. The number of rotatable bonds is 7. The summed E-state index contributed by atoms with van der Waals surface area (Å²) in [6.07, 6.45) is 1.40. The minimum atomic E-state index is -1.53. The van der Waals surface area contributed by atoms with E-state index in [1.807, 2.05) is 0 Å². The molecule has 0 spiro atoms. The molecule has 2 atom stereocenters. The van der Waals surface area contributed by atoms with Crippen molar-refractivity contribution in [2.24, 2.45) is 0 Å². The number of ether oxygens (including phenoxy) is 3. The Labute approximate surface area is 260 Å². The van der Waals surface area contributed by atoms with E-state index in [1.165, 1.54) is 36.4 Å². The summed E-state index contributed by atoms with van der Waals surface area (Å²) < 4.78 is 66.1. The second-order valence-corrected chi connectivity index (χ2v) is 11.7. The number of aromatic carboxylic acids is 1. The molecule has 5 aromatic rings. The predicted octanol–water partition coefficient (Wildman–Crippen LogP) is 7.89. The lowest BCUT2D eigenvalue weighted by atomic mass is 10.00. The fourth-order valence-electron chi connectivity index (χ4n) is 6.04. The third kappa shape index (κ3) is 5.27. The molecule has 0 radical (unpaired) electrons. The first kappa shape index (κ1) is 29.2. The number of benzene rings is 4. The molecular formula is C34H26ClF3N2O5. The Kier molecular flexibility index (Phi) is 7.21.